The molecule has 0 saturated carbocycles. The summed E-state index contributed by atoms with van der Waals surface area (Å²) in [6.07, 6.45) is 8.99. The second kappa shape index (κ2) is 9.13. The molecule has 0 radical (unpaired) electrons. The van der Waals surface area contributed by atoms with E-state index in [0.29, 0.717) is 6.54 Å². The van der Waals surface area contributed by atoms with Crippen LogP contribution in [0.1, 0.15) is 45.6 Å². The lowest BCUT2D eigenvalue weighted by atomic mass is 10.1. The van der Waals surface area contributed by atoms with Gasteiger partial charge in [-0.05, 0) is 33.1 Å². The highest BCUT2D eigenvalue weighted by Crippen LogP contribution is 2.07. The summed E-state index contributed by atoms with van der Waals surface area (Å²) in [5.41, 5.74) is 3.70. The topological polar surface area (TPSA) is 26.1 Å². The lowest BCUT2D eigenvalue weighted by Gasteiger charge is -2.03. The van der Waals surface area contributed by atoms with Crippen molar-refractivity contribution in [3.63, 3.8) is 0 Å². The molecule has 108 valence electrons. The van der Waals surface area contributed by atoms with E-state index >= 15 is 0 Å². The van der Waals surface area contributed by atoms with E-state index in [1.54, 1.807) is 6.21 Å². The first-order valence-corrected chi connectivity index (χ1v) is 7.25. The van der Waals surface area contributed by atoms with Gasteiger partial charge in [0.25, 0.3) is 0 Å². The number of hydrogen-bond donors (Lipinski definition) is 0. The Morgan fingerprint density at radius 3 is 2.50 bits per heavy atom. The third kappa shape index (κ3) is 6.93. The minimum atomic E-state index is 0.402. The highest BCUT2D eigenvalue weighted by molar-refractivity contribution is 5.67. The van der Waals surface area contributed by atoms with Crippen molar-refractivity contribution in [1.29, 1.82) is 0 Å². The van der Waals surface area contributed by atoms with Gasteiger partial charge in [-0.25, -0.2) is 4.74 Å². The van der Waals surface area contributed by atoms with Gasteiger partial charge in [0.05, 0.1) is 0 Å². The minimum absolute atomic E-state index is 0.402. The second-order valence-corrected chi connectivity index (χ2v) is 5.17. The molecule has 0 saturated heterocycles. The zero-order valence-electron chi connectivity index (χ0n) is 12.8. The second-order valence-electron chi connectivity index (χ2n) is 5.17. The van der Waals surface area contributed by atoms with Gasteiger partial charge in [0.15, 0.2) is 12.8 Å². The summed E-state index contributed by atoms with van der Waals surface area (Å²) in [6.45, 7) is 6.80. The number of nitrogens with zero attached hydrogens (tertiary/aromatic N) is 1. The van der Waals surface area contributed by atoms with Crippen molar-refractivity contribution < 1.29 is 4.74 Å². The Bertz CT molecular complexity index is 483. The summed E-state index contributed by atoms with van der Waals surface area (Å²) in [5, 5.41) is 11.7. The quantitative estimate of drug-likeness (QED) is 0.229. The molecule has 0 N–H and O–H groups in total. The van der Waals surface area contributed by atoms with Crippen molar-refractivity contribution in [3.8, 4) is 0 Å². The largest absolute Gasteiger partial charge is 0.624 e. The van der Waals surface area contributed by atoms with Crippen LogP contribution in [0.2, 0.25) is 0 Å². The van der Waals surface area contributed by atoms with Gasteiger partial charge in [0.1, 0.15) is 0 Å². The number of allylic oxidation sites excluding steroid dienone is 4. The average Bonchev–Trinajstić information content (AvgIpc) is 2.46. The van der Waals surface area contributed by atoms with Crippen LogP contribution < -0.4 is 0 Å². The fourth-order valence-electron chi connectivity index (χ4n) is 1.80. The van der Waals surface area contributed by atoms with E-state index in [1.807, 2.05) is 36.4 Å². The Hall–Kier alpha value is -1.83. The number of hydrogen-bond acceptors (Lipinski definition) is 1. The van der Waals surface area contributed by atoms with E-state index in [4.69, 9.17) is 0 Å². The van der Waals surface area contributed by atoms with Crippen LogP contribution in [0.5, 0.6) is 0 Å². The molecule has 0 aliphatic heterocycles. The van der Waals surface area contributed by atoms with Crippen molar-refractivity contribution in [3.05, 3.63) is 64.4 Å². The fraction of sp³-hybridized carbons (Fsp3) is 0.389. The van der Waals surface area contributed by atoms with Gasteiger partial charge in [-0.15, -0.1) is 0 Å². The van der Waals surface area contributed by atoms with Crippen LogP contribution in [0.4, 0.5) is 0 Å². The highest BCUT2D eigenvalue weighted by atomic mass is 16.5. The first kappa shape index (κ1) is 16.2. The van der Waals surface area contributed by atoms with Crippen molar-refractivity contribution in [2.45, 2.75) is 46.6 Å². The molecule has 0 spiro atoms. The van der Waals surface area contributed by atoms with Crippen LogP contribution in [0.25, 0.3) is 0 Å². The Labute approximate surface area is 122 Å². The molecule has 0 aromatic heterocycles. The molecule has 0 amide bonds. The lowest BCUT2D eigenvalue weighted by Crippen LogP contribution is -2.03. The van der Waals surface area contributed by atoms with Gasteiger partial charge in [0, 0.05) is 11.6 Å². The maximum Gasteiger partial charge on any atom is 0.178 e. The van der Waals surface area contributed by atoms with Gasteiger partial charge in [-0.1, -0.05) is 54.5 Å². The minimum Gasteiger partial charge on any atom is -0.624 e. The summed E-state index contributed by atoms with van der Waals surface area (Å²) < 4.78 is 0.978. The molecule has 1 aromatic rings. The van der Waals surface area contributed by atoms with Crippen molar-refractivity contribution in [1.82, 2.24) is 0 Å². The number of rotatable bonds is 7. The predicted molar refractivity (Wildman–Crippen MR) is 86.9 cm³/mol. The molecule has 0 bridgehead atoms. The summed E-state index contributed by atoms with van der Waals surface area (Å²) in [6, 6.07) is 9.79. The van der Waals surface area contributed by atoms with E-state index in [1.165, 1.54) is 11.1 Å². The van der Waals surface area contributed by atoms with Crippen LogP contribution in [0.3, 0.4) is 0 Å². The number of hydroxylamine groups is 1. The van der Waals surface area contributed by atoms with Gasteiger partial charge in [-0.2, -0.15) is 0 Å². The van der Waals surface area contributed by atoms with Gasteiger partial charge >= 0.3 is 0 Å². The number of benzene rings is 1. The van der Waals surface area contributed by atoms with Gasteiger partial charge in [0.2, 0.25) is 0 Å². The molecule has 2 heteroatoms. The molecule has 2 nitrogen and oxygen atoms in total. The molecule has 0 heterocycles. The smallest absolute Gasteiger partial charge is 0.178 e. The predicted octanol–water partition coefficient (Wildman–Crippen LogP) is 4.85. The first-order chi connectivity index (χ1) is 9.61. The van der Waals surface area contributed by atoms with Gasteiger partial charge in [-0.3, -0.25) is 0 Å². The van der Waals surface area contributed by atoms with E-state index < -0.39 is 0 Å². The molecule has 0 unspecified atom stereocenters. The fourth-order valence-corrected chi connectivity index (χ4v) is 1.80. The zero-order chi connectivity index (χ0) is 14.8. The van der Waals surface area contributed by atoms with E-state index in [0.717, 1.165) is 29.6 Å². The van der Waals surface area contributed by atoms with Gasteiger partial charge < -0.3 is 5.21 Å². The average molecular weight is 271 g/mol. The van der Waals surface area contributed by atoms with Crippen LogP contribution >= 0.6 is 0 Å². The van der Waals surface area contributed by atoms with Crippen molar-refractivity contribution in [2.24, 2.45) is 0 Å². The third-order valence-electron chi connectivity index (χ3n) is 3.30. The normalized spacial score (nSPS) is 13.7. The van der Waals surface area contributed by atoms with Crippen molar-refractivity contribution >= 4 is 6.21 Å². The van der Waals surface area contributed by atoms with E-state index in [-0.39, 0.29) is 0 Å². The van der Waals surface area contributed by atoms with Crippen LogP contribution in [0, 0.1) is 5.21 Å². The Morgan fingerprint density at radius 2 is 1.85 bits per heavy atom. The van der Waals surface area contributed by atoms with Crippen LogP contribution in [0.15, 0.2) is 53.6 Å². The van der Waals surface area contributed by atoms with E-state index in [2.05, 4.69) is 26.8 Å². The summed E-state index contributed by atoms with van der Waals surface area (Å²) in [4.78, 5) is 0. The summed E-state index contributed by atoms with van der Waals surface area (Å²) in [5.74, 6) is 0. The molecule has 20 heavy (non-hydrogen) atoms. The Kier molecular flexibility index (Phi) is 7.41. The standard InChI is InChI=1S/C18H25NO/c1-4-16(2)9-8-10-17(3)13-14-19(20)15-18-11-6-5-7-12-18/h5-7,9,11-14H,4,8,10,15H2,1-3H3. The molecule has 0 fully saturated rings. The van der Waals surface area contributed by atoms with E-state index in [9.17, 15) is 5.21 Å². The molecule has 0 aliphatic rings. The zero-order valence-corrected chi connectivity index (χ0v) is 12.8. The maximum absolute atomic E-state index is 11.7. The Morgan fingerprint density at radius 1 is 1.15 bits per heavy atom. The molecule has 1 rings (SSSR count). The summed E-state index contributed by atoms with van der Waals surface area (Å²) in [7, 11) is 0. The maximum atomic E-state index is 11.7. The van der Waals surface area contributed by atoms with Crippen LogP contribution in [-0.2, 0) is 6.54 Å². The first-order valence-electron chi connectivity index (χ1n) is 7.25. The molecular formula is C18H25NO. The Balaban J connectivity index is 2.46. The summed E-state index contributed by atoms with van der Waals surface area (Å²) >= 11 is 0. The SMILES string of the molecule is CCC(C)=CCCC(C)=CC=[N+]([O-])Cc1ccccc1. The van der Waals surface area contributed by atoms with Crippen molar-refractivity contribution in [2.75, 3.05) is 0 Å². The lowest BCUT2D eigenvalue weighted by molar-refractivity contribution is -0.469. The molecule has 0 atom stereocenters. The molecule has 0 aliphatic carbocycles. The monoisotopic (exact) mass is 271 g/mol. The molecular weight excluding hydrogens is 246 g/mol. The third-order valence-corrected chi connectivity index (χ3v) is 3.30. The van der Waals surface area contributed by atoms with Crippen LogP contribution in [-0.4, -0.2) is 11.0 Å². The molecule has 1 aromatic carbocycles. The highest BCUT2D eigenvalue weighted by Gasteiger charge is 1.96.